The Hall–Kier alpha value is 0.430. The van der Waals surface area contributed by atoms with Gasteiger partial charge in [0, 0.05) is 6.42 Å². The summed E-state index contributed by atoms with van der Waals surface area (Å²) >= 11 is 0. The SMILES string of the molecule is CC(O)CCC(=O)O.[Na+]. The van der Waals surface area contributed by atoms with E-state index in [1.807, 2.05) is 0 Å². The second-order valence-electron chi connectivity index (χ2n) is 1.78. The van der Waals surface area contributed by atoms with Crippen molar-refractivity contribution in [2.24, 2.45) is 0 Å². The van der Waals surface area contributed by atoms with Gasteiger partial charge in [-0.05, 0) is 13.3 Å². The predicted octanol–water partition coefficient (Wildman–Crippen LogP) is -2.76. The topological polar surface area (TPSA) is 57.5 Å². The van der Waals surface area contributed by atoms with Gasteiger partial charge in [0.15, 0.2) is 0 Å². The van der Waals surface area contributed by atoms with Gasteiger partial charge in [-0.2, -0.15) is 0 Å². The van der Waals surface area contributed by atoms with E-state index in [1.54, 1.807) is 6.92 Å². The van der Waals surface area contributed by atoms with E-state index >= 15 is 0 Å². The third kappa shape index (κ3) is 11.8. The van der Waals surface area contributed by atoms with E-state index in [4.69, 9.17) is 10.2 Å². The maximum absolute atomic E-state index is 9.79. The molecular formula is C5H10NaO3+. The van der Waals surface area contributed by atoms with E-state index in [0.717, 1.165) is 0 Å². The summed E-state index contributed by atoms with van der Waals surface area (Å²) in [4.78, 5) is 9.79. The van der Waals surface area contributed by atoms with Crippen LogP contribution in [-0.4, -0.2) is 22.3 Å². The Bertz CT molecular complexity index is 82.3. The quantitative estimate of drug-likeness (QED) is 0.418. The van der Waals surface area contributed by atoms with Gasteiger partial charge in [-0.25, -0.2) is 0 Å². The van der Waals surface area contributed by atoms with E-state index in [1.165, 1.54) is 0 Å². The molecule has 4 heteroatoms. The predicted molar refractivity (Wildman–Crippen MR) is 28.6 cm³/mol. The maximum atomic E-state index is 9.79. The molecule has 0 saturated heterocycles. The first-order chi connectivity index (χ1) is 3.63. The van der Waals surface area contributed by atoms with Gasteiger partial charge in [0.2, 0.25) is 0 Å². The van der Waals surface area contributed by atoms with Gasteiger partial charge in [-0.3, -0.25) is 4.79 Å². The van der Waals surface area contributed by atoms with E-state index in [0.29, 0.717) is 6.42 Å². The molecule has 48 valence electrons. The fourth-order valence-corrected chi connectivity index (χ4v) is 0.332. The summed E-state index contributed by atoms with van der Waals surface area (Å²) in [6.07, 6.45) is -0.0985. The van der Waals surface area contributed by atoms with Gasteiger partial charge in [0.05, 0.1) is 6.10 Å². The standard InChI is InChI=1S/C5H10O3.Na/c1-4(6)2-3-5(7)8;/h4,6H,2-3H2,1H3,(H,7,8);/q;+1. The Balaban J connectivity index is 0. The molecule has 0 aromatic heterocycles. The molecule has 2 N–H and O–H groups in total. The number of rotatable bonds is 3. The minimum absolute atomic E-state index is 0. The molecule has 1 unspecified atom stereocenters. The summed E-state index contributed by atoms with van der Waals surface area (Å²) in [7, 11) is 0. The van der Waals surface area contributed by atoms with Gasteiger partial charge in [0.25, 0.3) is 0 Å². The van der Waals surface area contributed by atoms with Crippen LogP contribution in [0.4, 0.5) is 0 Å². The number of aliphatic carboxylic acids is 1. The summed E-state index contributed by atoms with van der Waals surface area (Å²) in [6, 6.07) is 0. The smallest absolute Gasteiger partial charge is 0.481 e. The van der Waals surface area contributed by atoms with Crippen molar-refractivity contribution >= 4 is 5.97 Å². The van der Waals surface area contributed by atoms with Crippen LogP contribution in [0.15, 0.2) is 0 Å². The molecule has 0 fully saturated rings. The van der Waals surface area contributed by atoms with Crippen LogP contribution in [0, 0.1) is 0 Å². The first-order valence-corrected chi connectivity index (χ1v) is 2.53. The van der Waals surface area contributed by atoms with Crippen molar-refractivity contribution < 1.29 is 44.6 Å². The van der Waals surface area contributed by atoms with Crippen LogP contribution in [0.3, 0.4) is 0 Å². The molecule has 0 aliphatic heterocycles. The zero-order valence-electron chi connectivity index (χ0n) is 5.79. The van der Waals surface area contributed by atoms with Gasteiger partial charge < -0.3 is 10.2 Å². The largest absolute Gasteiger partial charge is 1.00 e. The second-order valence-corrected chi connectivity index (χ2v) is 1.78. The molecule has 0 aromatic carbocycles. The Morgan fingerprint density at radius 2 is 2.11 bits per heavy atom. The van der Waals surface area contributed by atoms with E-state index in [-0.39, 0.29) is 36.0 Å². The van der Waals surface area contributed by atoms with Crippen LogP contribution < -0.4 is 29.6 Å². The van der Waals surface area contributed by atoms with Crippen molar-refractivity contribution in [2.75, 3.05) is 0 Å². The number of aliphatic hydroxyl groups is 1. The Morgan fingerprint density at radius 1 is 1.67 bits per heavy atom. The minimum atomic E-state index is -0.856. The van der Waals surface area contributed by atoms with Crippen LogP contribution in [0.25, 0.3) is 0 Å². The summed E-state index contributed by atoms with van der Waals surface area (Å²) in [5, 5.41) is 16.6. The number of hydrogen-bond acceptors (Lipinski definition) is 2. The van der Waals surface area contributed by atoms with E-state index in [9.17, 15) is 4.79 Å². The van der Waals surface area contributed by atoms with Gasteiger partial charge in [-0.15, -0.1) is 0 Å². The fourth-order valence-electron chi connectivity index (χ4n) is 0.332. The molecule has 0 bridgehead atoms. The summed E-state index contributed by atoms with van der Waals surface area (Å²) < 4.78 is 0. The molecule has 0 heterocycles. The number of aliphatic hydroxyl groups excluding tert-OH is 1. The molecule has 1 atom stereocenters. The summed E-state index contributed by atoms with van der Waals surface area (Å²) in [5.74, 6) is -0.856. The molecule has 0 aromatic rings. The van der Waals surface area contributed by atoms with Crippen LogP contribution in [0.2, 0.25) is 0 Å². The summed E-state index contributed by atoms with van der Waals surface area (Å²) in [6.45, 7) is 1.57. The van der Waals surface area contributed by atoms with Crippen LogP contribution in [0.5, 0.6) is 0 Å². The van der Waals surface area contributed by atoms with Crippen molar-refractivity contribution in [1.82, 2.24) is 0 Å². The normalized spacial score (nSPS) is 11.8. The molecule has 0 aliphatic rings. The van der Waals surface area contributed by atoms with Crippen LogP contribution >= 0.6 is 0 Å². The Labute approximate surface area is 76.4 Å². The molecule has 0 aliphatic carbocycles. The van der Waals surface area contributed by atoms with Crippen molar-refractivity contribution in [1.29, 1.82) is 0 Å². The zero-order chi connectivity index (χ0) is 6.57. The molecule has 0 rings (SSSR count). The van der Waals surface area contributed by atoms with Gasteiger partial charge in [0.1, 0.15) is 0 Å². The number of carboxylic acids is 1. The molecule has 9 heavy (non-hydrogen) atoms. The monoisotopic (exact) mass is 141 g/mol. The average Bonchev–Trinajstić information content (AvgIpc) is 1.61. The Morgan fingerprint density at radius 3 is 2.22 bits per heavy atom. The number of carbonyl (C=O) groups is 1. The number of hydrogen-bond donors (Lipinski definition) is 2. The first-order valence-electron chi connectivity index (χ1n) is 2.53. The van der Waals surface area contributed by atoms with Crippen molar-refractivity contribution in [3.8, 4) is 0 Å². The third-order valence-corrected chi connectivity index (χ3v) is 0.776. The van der Waals surface area contributed by atoms with Gasteiger partial charge >= 0.3 is 35.5 Å². The van der Waals surface area contributed by atoms with Crippen molar-refractivity contribution in [3.63, 3.8) is 0 Å². The van der Waals surface area contributed by atoms with E-state index < -0.39 is 12.1 Å². The molecule has 0 radical (unpaired) electrons. The second kappa shape index (κ2) is 6.55. The first kappa shape index (κ1) is 12.1. The molecule has 0 amide bonds. The van der Waals surface area contributed by atoms with Crippen LogP contribution in [-0.2, 0) is 4.79 Å². The molecule has 0 spiro atoms. The minimum Gasteiger partial charge on any atom is -0.481 e. The maximum Gasteiger partial charge on any atom is 1.00 e. The molecule has 3 nitrogen and oxygen atoms in total. The van der Waals surface area contributed by atoms with Crippen molar-refractivity contribution in [2.45, 2.75) is 25.9 Å². The van der Waals surface area contributed by atoms with Gasteiger partial charge in [-0.1, -0.05) is 0 Å². The van der Waals surface area contributed by atoms with Crippen LogP contribution in [0.1, 0.15) is 19.8 Å². The number of carboxylic acid groups (broad SMARTS) is 1. The van der Waals surface area contributed by atoms with E-state index in [2.05, 4.69) is 0 Å². The zero-order valence-corrected chi connectivity index (χ0v) is 7.79. The average molecular weight is 141 g/mol. The third-order valence-electron chi connectivity index (χ3n) is 0.776. The fraction of sp³-hybridized carbons (Fsp3) is 0.800. The summed E-state index contributed by atoms with van der Waals surface area (Å²) in [5.41, 5.74) is 0. The molecule has 0 saturated carbocycles. The van der Waals surface area contributed by atoms with Crippen molar-refractivity contribution in [3.05, 3.63) is 0 Å². The molecular weight excluding hydrogens is 131 g/mol. The Kier molecular flexibility index (Phi) is 8.83.